The van der Waals surface area contributed by atoms with Crippen molar-refractivity contribution in [3.8, 4) is 0 Å². The topological polar surface area (TPSA) is 41.6 Å². The van der Waals surface area contributed by atoms with Gasteiger partial charge in [-0.05, 0) is 45.1 Å². The number of hydrogen-bond donors (Lipinski definition) is 1. The maximum Gasteiger partial charge on any atom is 0.248 e. The molecule has 0 aromatic rings. The molecular formula is C14H26N2O2. The Morgan fingerprint density at radius 1 is 1.22 bits per heavy atom. The Balaban J connectivity index is 1.61. The second kappa shape index (κ2) is 7.10. The van der Waals surface area contributed by atoms with E-state index in [9.17, 15) is 4.79 Å². The lowest BCUT2D eigenvalue weighted by Crippen LogP contribution is -2.37. The summed E-state index contributed by atoms with van der Waals surface area (Å²) in [5.74, 6) is 0.182. The van der Waals surface area contributed by atoms with Crippen LogP contribution < -0.4 is 5.32 Å². The van der Waals surface area contributed by atoms with Gasteiger partial charge in [-0.1, -0.05) is 6.92 Å². The van der Waals surface area contributed by atoms with Gasteiger partial charge in [0.15, 0.2) is 0 Å². The number of amides is 1. The Hall–Kier alpha value is -0.610. The molecular weight excluding hydrogens is 228 g/mol. The molecule has 0 unspecified atom stereocenters. The quantitative estimate of drug-likeness (QED) is 0.809. The lowest BCUT2D eigenvalue weighted by atomic mass is 9.93. The zero-order valence-corrected chi connectivity index (χ0v) is 11.5. The minimum absolute atomic E-state index is 0.182. The van der Waals surface area contributed by atoms with Gasteiger partial charge in [-0.2, -0.15) is 0 Å². The number of carbonyl (C=O) groups excluding carboxylic acids is 1. The second-order valence-corrected chi connectivity index (χ2v) is 5.43. The highest BCUT2D eigenvalue weighted by atomic mass is 16.5. The van der Waals surface area contributed by atoms with Crippen molar-refractivity contribution in [2.24, 2.45) is 0 Å². The molecule has 1 aliphatic heterocycles. The highest BCUT2D eigenvalue weighted by molar-refractivity contribution is 5.77. The highest BCUT2D eigenvalue weighted by Gasteiger charge is 2.23. The first-order valence-electron chi connectivity index (χ1n) is 7.42. The summed E-state index contributed by atoms with van der Waals surface area (Å²) in [6.07, 6.45) is 7.13. The molecule has 1 saturated carbocycles. The van der Waals surface area contributed by atoms with Crippen LogP contribution in [0.4, 0.5) is 0 Å². The van der Waals surface area contributed by atoms with E-state index in [0.29, 0.717) is 12.1 Å². The predicted octanol–water partition coefficient (Wildman–Crippen LogP) is 1.55. The van der Waals surface area contributed by atoms with Crippen LogP contribution in [0.5, 0.6) is 0 Å². The van der Waals surface area contributed by atoms with Gasteiger partial charge < -0.3 is 15.0 Å². The molecule has 4 nitrogen and oxygen atoms in total. The molecule has 2 rings (SSSR count). The molecule has 2 fully saturated rings. The van der Waals surface area contributed by atoms with Crippen LogP contribution in [0.2, 0.25) is 0 Å². The van der Waals surface area contributed by atoms with E-state index in [1.807, 2.05) is 4.90 Å². The Labute approximate surface area is 110 Å². The zero-order chi connectivity index (χ0) is 12.8. The van der Waals surface area contributed by atoms with E-state index >= 15 is 0 Å². The van der Waals surface area contributed by atoms with E-state index < -0.39 is 0 Å². The number of likely N-dealkylation sites (tertiary alicyclic amines) is 1. The summed E-state index contributed by atoms with van der Waals surface area (Å²) >= 11 is 0. The lowest BCUT2D eigenvalue weighted by molar-refractivity contribution is -0.137. The van der Waals surface area contributed by atoms with Crippen LogP contribution >= 0.6 is 0 Å². The van der Waals surface area contributed by atoms with Gasteiger partial charge in [-0.25, -0.2) is 0 Å². The summed E-state index contributed by atoms with van der Waals surface area (Å²) < 4.78 is 5.76. The third-order valence-corrected chi connectivity index (χ3v) is 4.07. The maximum atomic E-state index is 11.8. The average Bonchev–Trinajstić information content (AvgIpc) is 2.92. The summed E-state index contributed by atoms with van der Waals surface area (Å²) in [5.41, 5.74) is 0. The van der Waals surface area contributed by atoms with Crippen molar-refractivity contribution in [3.05, 3.63) is 0 Å². The van der Waals surface area contributed by atoms with Gasteiger partial charge in [0, 0.05) is 19.1 Å². The highest BCUT2D eigenvalue weighted by Crippen LogP contribution is 2.21. The molecule has 1 aliphatic carbocycles. The molecule has 2 aliphatic rings. The van der Waals surface area contributed by atoms with Gasteiger partial charge in [0.05, 0.1) is 6.10 Å². The van der Waals surface area contributed by atoms with E-state index in [0.717, 1.165) is 45.3 Å². The normalized spacial score (nSPS) is 28.6. The molecule has 4 heteroatoms. The largest absolute Gasteiger partial charge is 0.368 e. The number of carbonyl (C=O) groups is 1. The summed E-state index contributed by atoms with van der Waals surface area (Å²) in [5, 5.41) is 3.48. The van der Waals surface area contributed by atoms with E-state index in [-0.39, 0.29) is 12.5 Å². The van der Waals surface area contributed by atoms with Crippen molar-refractivity contribution in [1.82, 2.24) is 10.2 Å². The first-order chi connectivity index (χ1) is 8.79. The summed E-state index contributed by atoms with van der Waals surface area (Å²) in [7, 11) is 0. The predicted molar refractivity (Wildman–Crippen MR) is 71.5 cm³/mol. The number of rotatable bonds is 5. The molecule has 0 radical (unpaired) electrons. The van der Waals surface area contributed by atoms with Crippen LogP contribution in [0.3, 0.4) is 0 Å². The smallest absolute Gasteiger partial charge is 0.248 e. The van der Waals surface area contributed by atoms with E-state index in [1.165, 1.54) is 12.8 Å². The van der Waals surface area contributed by atoms with Crippen molar-refractivity contribution < 1.29 is 9.53 Å². The molecule has 0 aromatic carbocycles. The van der Waals surface area contributed by atoms with Crippen LogP contribution in [0.25, 0.3) is 0 Å². The Bertz CT molecular complexity index is 257. The summed E-state index contributed by atoms with van der Waals surface area (Å²) in [6.45, 7) is 5.34. The Morgan fingerprint density at radius 3 is 2.50 bits per heavy atom. The molecule has 0 aromatic heterocycles. The van der Waals surface area contributed by atoms with Gasteiger partial charge in [-0.15, -0.1) is 0 Å². The third-order valence-electron chi connectivity index (χ3n) is 4.07. The SMILES string of the molecule is CCNC1CCC(OCC(=O)N2CCCC2)CC1. The fourth-order valence-electron chi connectivity index (χ4n) is 2.97. The fourth-order valence-corrected chi connectivity index (χ4v) is 2.97. The van der Waals surface area contributed by atoms with E-state index in [2.05, 4.69) is 12.2 Å². The van der Waals surface area contributed by atoms with Crippen LogP contribution in [-0.2, 0) is 9.53 Å². The number of ether oxygens (including phenoxy) is 1. The van der Waals surface area contributed by atoms with Crippen LogP contribution in [0.15, 0.2) is 0 Å². The van der Waals surface area contributed by atoms with Crippen LogP contribution in [0.1, 0.15) is 45.4 Å². The molecule has 0 bridgehead atoms. The van der Waals surface area contributed by atoms with Crippen molar-refractivity contribution in [3.63, 3.8) is 0 Å². The number of hydrogen-bond acceptors (Lipinski definition) is 3. The zero-order valence-electron chi connectivity index (χ0n) is 11.5. The number of nitrogens with one attached hydrogen (secondary N) is 1. The summed E-state index contributed by atoms with van der Waals surface area (Å²) in [6, 6.07) is 0.657. The molecule has 1 N–H and O–H groups in total. The van der Waals surface area contributed by atoms with Crippen LogP contribution in [0, 0.1) is 0 Å². The maximum absolute atomic E-state index is 11.8. The monoisotopic (exact) mass is 254 g/mol. The van der Waals surface area contributed by atoms with Gasteiger partial charge in [0.1, 0.15) is 6.61 Å². The van der Waals surface area contributed by atoms with Crippen molar-refractivity contribution in [2.75, 3.05) is 26.2 Å². The fraction of sp³-hybridized carbons (Fsp3) is 0.929. The first kappa shape index (κ1) is 13.8. The molecule has 1 amide bonds. The molecule has 18 heavy (non-hydrogen) atoms. The van der Waals surface area contributed by atoms with Crippen molar-refractivity contribution >= 4 is 5.91 Å². The molecule has 1 heterocycles. The van der Waals surface area contributed by atoms with Gasteiger partial charge in [-0.3, -0.25) is 4.79 Å². The van der Waals surface area contributed by atoms with Gasteiger partial charge in [0.25, 0.3) is 0 Å². The summed E-state index contributed by atoms with van der Waals surface area (Å²) in [4.78, 5) is 13.8. The minimum Gasteiger partial charge on any atom is -0.368 e. The van der Waals surface area contributed by atoms with E-state index in [4.69, 9.17) is 4.74 Å². The molecule has 1 saturated heterocycles. The number of nitrogens with zero attached hydrogens (tertiary/aromatic N) is 1. The van der Waals surface area contributed by atoms with Crippen molar-refractivity contribution in [1.29, 1.82) is 0 Å². The van der Waals surface area contributed by atoms with Crippen LogP contribution in [-0.4, -0.2) is 49.2 Å². The molecule has 104 valence electrons. The molecule has 0 spiro atoms. The minimum atomic E-state index is 0.182. The Morgan fingerprint density at radius 2 is 1.89 bits per heavy atom. The lowest BCUT2D eigenvalue weighted by Gasteiger charge is -2.29. The van der Waals surface area contributed by atoms with Gasteiger partial charge in [0.2, 0.25) is 5.91 Å². The van der Waals surface area contributed by atoms with E-state index in [1.54, 1.807) is 0 Å². The van der Waals surface area contributed by atoms with Crippen molar-refractivity contribution in [2.45, 2.75) is 57.6 Å². The third kappa shape index (κ3) is 3.95. The average molecular weight is 254 g/mol. The first-order valence-corrected chi connectivity index (χ1v) is 7.42. The standard InChI is InChI=1S/C14H26N2O2/c1-2-15-12-5-7-13(8-6-12)18-11-14(17)16-9-3-4-10-16/h12-13,15H,2-11H2,1H3. The second-order valence-electron chi connectivity index (χ2n) is 5.43. The Kier molecular flexibility index (Phi) is 5.45. The molecule has 0 atom stereocenters. The van der Waals surface area contributed by atoms with Gasteiger partial charge >= 0.3 is 0 Å².